The zero-order valence-corrected chi connectivity index (χ0v) is 19.3. The number of halogens is 1. The Morgan fingerprint density at radius 1 is 1.21 bits per heavy atom. The third kappa shape index (κ3) is 4.81. The van der Waals surface area contributed by atoms with E-state index in [4.69, 9.17) is 20.8 Å². The van der Waals surface area contributed by atoms with E-state index in [1.54, 1.807) is 36.3 Å². The van der Waals surface area contributed by atoms with E-state index in [9.17, 15) is 14.7 Å². The summed E-state index contributed by atoms with van der Waals surface area (Å²) in [5.41, 5.74) is 1.27. The summed E-state index contributed by atoms with van der Waals surface area (Å²) in [6.45, 7) is 2.36. The van der Waals surface area contributed by atoms with E-state index in [2.05, 4.69) is 4.99 Å². The average molecular weight is 483 g/mol. The minimum atomic E-state index is -1.12. The fourth-order valence-electron chi connectivity index (χ4n) is 3.19. The molecule has 1 N–H and O–H groups in total. The molecule has 9 heteroatoms. The van der Waals surface area contributed by atoms with Crippen LogP contribution in [-0.4, -0.2) is 40.7 Å². The Kier molecular flexibility index (Phi) is 6.57. The number of amidine groups is 1. The molecule has 3 aromatic rings. The van der Waals surface area contributed by atoms with Gasteiger partial charge in [-0.15, -0.1) is 0 Å². The maximum Gasteiger partial charge on any atom is 0.337 e. The molecular weight excluding hydrogens is 464 g/mol. The number of carbonyl (C=O) groups is 2. The fraction of sp³-hybridized carbons (Fsp3) is 0.125. The van der Waals surface area contributed by atoms with Crippen LogP contribution in [0.3, 0.4) is 0 Å². The number of methoxy groups -OCH3 is 1. The van der Waals surface area contributed by atoms with Crippen molar-refractivity contribution in [2.24, 2.45) is 4.99 Å². The van der Waals surface area contributed by atoms with Crippen LogP contribution in [0.2, 0.25) is 5.02 Å². The van der Waals surface area contributed by atoms with Crippen LogP contribution in [0.15, 0.2) is 68.9 Å². The van der Waals surface area contributed by atoms with Gasteiger partial charge < -0.3 is 14.3 Å². The summed E-state index contributed by atoms with van der Waals surface area (Å²) in [5.74, 6) is 0.386. The van der Waals surface area contributed by atoms with E-state index in [1.165, 1.54) is 23.9 Å². The van der Waals surface area contributed by atoms with E-state index in [1.807, 2.05) is 31.2 Å². The molecule has 0 saturated carbocycles. The van der Waals surface area contributed by atoms with Gasteiger partial charge in [0.25, 0.3) is 5.91 Å². The molecule has 0 unspecified atom stereocenters. The SMILES string of the molecule is CCN1C(=O)/C(=C\c2ccc(-c3ccc(Cl)c(C(=O)O)c3)o2)SC1=Nc1ccc(OC)cc1. The van der Waals surface area contributed by atoms with Crippen molar-refractivity contribution < 1.29 is 23.8 Å². The number of rotatable bonds is 6. The Morgan fingerprint density at radius 3 is 2.64 bits per heavy atom. The predicted molar refractivity (Wildman–Crippen MR) is 129 cm³/mol. The molecule has 0 bridgehead atoms. The zero-order valence-electron chi connectivity index (χ0n) is 17.7. The number of likely N-dealkylation sites (N-methyl/N-ethyl adjacent to an activating group) is 1. The van der Waals surface area contributed by atoms with Crippen LogP contribution in [0, 0.1) is 0 Å². The van der Waals surface area contributed by atoms with Crippen LogP contribution >= 0.6 is 23.4 Å². The molecule has 4 rings (SSSR count). The number of aliphatic imine (C=N–C) groups is 1. The van der Waals surface area contributed by atoms with Crippen LogP contribution in [0.25, 0.3) is 17.4 Å². The lowest BCUT2D eigenvalue weighted by molar-refractivity contribution is -0.122. The summed E-state index contributed by atoms with van der Waals surface area (Å²) < 4.78 is 11.0. The topological polar surface area (TPSA) is 92.3 Å². The molecule has 168 valence electrons. The summed E-state index contributed by atoms with van der Waals surface area (Å²) in [5, 5.41) is 10.0. The van der Waals surface area contributed by atoms with Crippen molar-refractivity contribution in [2.45, 2.75) is 6.92 Å². The molecule has 33 heavy (non-hydrogen) atoms. The maximum atomic E-state index is 12.9. The lowest BCUT2D eigenvalue weighted by Gasteiger charge is -2.12. The number of aromatic carboxylic acids is 1. The molecule has 1 fully saturated rings. The van der Waals surface area contributed by atoms with Crippen LogP contribution in [0.5, 0.6) is 5.75 Å². The number of ether oxygens (including phenoxy) is 1. The first kappa shape index (κ1) is 22.7. The third-order valence-corrected chi connectivity index (χ3v) is 6.22. The highest BCUT2D eigenvalue weighted by molar-refractivity contribution is 8.18. The van der Waals surface area contributed by atoms with Gasteiger partial charge in [-0.1, -0.05) is 11.6 Å². The number of carbonyl (C=O) groups excluding carboxylic acids is 1. The first-order chi connectivity index (χ1) is 15.9. The first-order valence-electron chi connectivity index (χ1n) is 9.96. The normalized spacial score (nSPS) is 16.1. The van der Waals surface area contributed by atoms with Gasteiger partial charge in [0.2, 0.25) is 0 Å². The van der Waals surface area contributed by atoms with Crippen molar-refractivity contribution in [3.05, 3.63) is 75.8 Å². The van der Waals surface area contributed by atoms with Gasteiger partial charge in [-0.05, 0) is 73.3 Å². The largest absolute Gasteiger partial charge is 0.497 e. The van der Waals surface area contributed by atoms with E-state index in [-0.39, 0.29) is 16.5 Å². The molecule has 0 spiro atoms. The van der Waals surface area contributed by atoms with Crippen molar-refractivity contribution in [2.75, 3.05) is 13.7 Å². The highest BCUT2D eigenvalue weighted by Gasteiger charge is 2.32. The Bertz CT molecular complexity index is 1280. The van der Waals surface area contributed by atoms with Gasteiger partial charge in [0, 0.05) is 18.2 Å². The number of benzene rings is 2. The van der Waals surface area contributed by atoms with Gasteiger partial charge in [-0.2, -0.15) is 0 Å². The van der Waals surface area contributed by atoms with Gasteiger partial charge >= 0.3 is 5.97 Å². The molecule has 2 aromatic carbocycles. The maximum absolute atomic E-state index is 12.9. The van der Waals surface area contributed by atoms with Crippen molar-refractivity contribution in [3.63, 3.8) is 0 Å². The second-order valence-electron chi connectivity index (χ2n) is 6.95. The molecule has 2 heterocycles. The standard InChI is InChI=1S/C24H19ClN2O5S/c1-3-27-22(28)21(33-24(27)26-15-5-7-16(31-2)8-6-15)13-17-9-11-20(32-17)14-4-10-19(25)18(12-14)23(29)30/h4-13H,3H2,1-2H3,(H,29,30)/b21-13+,26-24?. The molecule has 1 aliphatic heterocycles. The second-order valence-corrected chi connectivity index (χ2v) is 8.37. The molecule has 0 aliphatic carbocycles. The number of nitrogens with zero attached hydrogens (tertiary/aromatic N) is 2. The second kappa shape index (κ2) is 9.56. The number of carboxylic acids is 1. The number of carboxylic acid groups (broad SMARTS) is 1. The Hall–Kier alpha value is -3.49. The van der Waals surface area contributed by atoms with Crippen molar-refractivity contribution >= 4 is 52.2 Å². The monoisotopic (exact) mass is 482 g/mol. The lowest BCUT2D eigenvalue weighted by atomic mass is 10.1. The summed E-state index contributed by atoms with van der Waals surface area (Å²) in [6.07, 6.45) is 1.66. The number of hydrogen-bond acceptors (Lipinski definition) is 6. The predicted octanol–water partition coefficient (Wildman–Crippen LogP) is 5.93. The quantitative estimate of drug-likeness (QED) is 0.438. The zero-order chi connectivity index (χ0) is 23.5. The van der Waals surface area contributed by atoms with Gasteiger partial charge in [0.1, 0.15) is 17.3 Å². The number of furan rings is 1. The van der Waals surface area contributed by atoms with E-state index in [0.29, 0.717) is 39.4 Å². The molecule has 0 radical (unpaired) electrons. The molecule has 1 aliphatic rings. The van der Waals surface area contributed by atoms with Crippen LogP contribution in [-0.2, 0) is 4.79 Å². The van der Waals surface area contributed by atoms with Gasteiger partial charge in [0.05, 0.1) is 28.3 Å². The number of hydrogen-bond donors (Lipinski definition) is 1. The smallest absolute Gasteiger partial charge is 0.337 e. The Morgan fingerprint density at radius 2 is 1.97 bits per heavy atom. The van der Waals surface area contributed by atoms with Gasteiger partial charge in [-0.25, -0.2) is 9.79 Å². The molecule has 1 saturated heterocycles. The van der Waals surface area contributed by atoms with Crippen LogP contribution < -0.4 is 4.74 Å². The molecule has 7 nitrogen and oxygen atoms in total. The molecular formula is C24H19ClN2O5S. The highest BCUT2D eigenvalue weighted by Crippen LogP contribution is 2.35. The minimum absolute atomic E-state index is 0.00929. The Balaban J connectivity index is 1.60. The highest BCUT2D eigenvalue weighted by atomic mass is 35.5. The van der Waals surface area contributed by atoms with Crippen LogP contribution in [0.1, 0.15) is 23.0 Å². The third-order valence-electron chi connectivity index (χ3n) is 4.88. The Labute approximate surface area is 199 Å². The summed E-state index contributed by atoms with van der Waals surface area (Å²) in [7, 11) is 1.60. The first-order valence-corrected chi connectivity index (χ1v) is 11.2. The fourth-order valence-corrected chi connectivity index (χ4v) is 4.44. The summed E-state index contributed by atoms with van der Waals surface area (Å²) in [4.78, 5) is 30.9. The van der Waals surface area contributed by atoms with Crippen molar-refractivity contribution in [1.82, 2.24) is 4.90 Å². The lowest BCUT2D eigenvalue weighted by Crippen LogP contribution is -2.28. The summed E-state index contributed by atoms with van der Waals surface area (Å²) >= 11 is 7.21. The van der Waals surface area contributed by atoms with E-state index >= 15 is 0 Å². The van der Waals surface area contributed by atoms with Gasteiger partial charge in [-0.3, -0.25) is 9.69 Å². The van der Waals surface area contributed by atoms with Gasteiger partial charge in [0.15, 0.2) is 5.17 Å². The minimum Gasteiger partial charge on any atom is -0.497 e. The van der Waals surface area contributed by atoms with E-state index in [0.717, 1.165) is 5.75 Å². The van der Waals surface area contributed by atoms with Crippen LogP contribution in [0.4, 0.5) is 5.69 Å². The molecule has 1 aromatic heterocycles. The van der Waals surface area contributed by atoms with Crippen molar-refractivity contribution in [3.8, 4) is 17.1 Å². The number of amides is 1. The number of thioether (sulfide) groups is 1. The molecule has 0 atom stereocenters. The summed E-state index contributed by atoms with van der Waals surface area (Å²) in [6, 6.07) is 15.3. The van der Waals surface area contributed by atoms with E-state index < -0.39 is 5.97 Å². The molecule has 1 amide bonds. The van der Waals surface area contributed by atoms with Crippen molar-refractivity contribution in [1.29, 1.82) is 0 Å². The average Bonchev–Trinajstić information content (AvgIpc) is 3.39.